The Morgan fingerprint density at radius 1 is 1.29 bits per heavy atom. The first-order valence-corrected chi connectivity index (χ1v) is 8.95. The molecule has 3 N–H and O–H groups in total. The molecule has 2 amide bonds. The molecule has 0 radical (unpaired) electrons. The number of nitrogens with one attached hydrogen (secondary N) is 3. The maximum absolute atomic E-state index is 12.4. The normalized spacial score (nSPS) is 12.3. The molecule has 0 aliphatic carbocycles. The van der Waals surface area contributed by atoms with Crippen molar-refractivity contribution < 1.29 is 22.7 Å². The lowest BCUT2D eigenvalue weighted by molar-refractivity contribution is -0.122. The molecule has 0 aromatic heterocycles. The van der Waals surface area contributed by atoms with Crippen LogP contribution in [0.15, 0.2) is 23.1 Å². The van der Waals surface area contributed by atoms with Gasteiger partial charge in [-0.3, -0.25) is 9.59 Å². The van der Waals surface area contributed by atoms with Crippen molar-refractivity contribution in [3.8, 4) is 5.75 Å². The Morgan fingerprint density at radius 3 is 2.50 bits per heavy atom. The van der Waals surface area contributed by atoms with Gasteiger partial charge < -0.3 is 15.4 Å². The Labute approximate surface area is 142 Å². The maximum Gasteiger partial charge on any atom is 0.241 e. The molecule has 0 bridgehead atoms. The van der Waals surface area contributed by atoms with Crippen LogP contribution in [0, 0.1) is 0 Å². The fraction of sp³-hybridized carbons (Fsp3) is 0.467. The molecule has 1 aromatic carbocycles. The van der Waals surface area contributed by atoms with Crippen molar-refractivity contribution in [3.63, 3.8) is 0 Å². The lowest BCUT2D eigenvalue weighted by Crippen LogP contribution is -2.44. The van der Waals surface area contributed by atoms with Gasteiger partial charge in [-0.05, 0) is 25.5 Å². The standard InChI is InChI=1S/C15H23N3O5S/c1-5-8-16-15(20)10(2)18-24(21,22)12-6-7-13(17-11(3)19)14(9-12)23-4/h6-7,9-10,18H,5,8H2,1-4H3,(H,16,20)(H,17,19)/t10-/m0/s1. The van der Waals surface area contributed by atoms with Gasteiger partial charge in [-0.2, -0.15) is 4.72 Å². The Hall–Kier alpha value is -2.13. The van der Waals surface area contributed by atoms with Crippen LogP contribution in [0.1, 0.15) is 27.2 Å². The molecule has 1 rings (SSSR count). The highest BCUT2D eigenvalue weighted by Crippen LogP contribution is 2.27. The number of carbonyl (C=O) groups is 2. The van der Waals surface area contributed by atoms with Gasteiger partial charge in [-0.15, -0.1) is 0 Å². The second-order valence-electron chi connectivity index (χ2n) is 5.18. The molecule has 0 unspecified atom stereocenters. The largest absolute Gasteiger partial charge is 0.495 e. The van der Waals surface area contributed by atoms with Crippen LogP contribution >= 0.6 is 0 Å². The van der Waals surface area contributed by atoms with Crippen LogP contribution in [-0.2, 0) is 19.6 Å². The summed E-state index contributed by atoms with van der Waals surface area (Å²) in [4.78, 5) is 22.9. The molecule has 8 nitrogen and oxygen atoms in total. The Kier molecular flexibility index (Phi) is 7.18. The topological polar surface area (TPSA) is 114 Å². The van der Waals surface area contributed by atoms with Crippen molar-refractivity contribution in [1.29, 1.82) is 0 Å². The Balaban J connectivity index is 2.98. The highest BCUT2D eigenvalue weighted by molar-refractivity contribution is 7.89. The van der Waals surface area contributed by atoms with Crippen molar-refractivity contribution in [1.82, 2.24) is 10.0 Å². The maximum atomic E-state index is 12.4. The minimum absolute atomic E-state index is 0.0661. The summed E-state index contributed by atoms with van der Waals surface area (Å²) < 4.78 is 32.2. The van der Waals surface area contributed by atoms with E-state index in [1.54, 1.807) is 0 Å². The zero-order valence-corrected chi connectivity index (χ0v) is 15.0. The van der Waals surface area contributed by atoms with E-state index in [4.69, 9.17) is 4.74 Å². The SMILES string of the molecule is CCCNC(=O)[C@H](C)NS(=O)(=O)c1ccc(NC(C)=O)c(OC)c1. The van der Waals surface area contributed by atoms with Crippen LogP contribution in [0.3, 0.4) is 0 Å². The van der Waals surface area contributed by atoms with Crippen LogP contribution in [0.25, 0.3) is 0 Å². The Morgan fingerprint density at radius 2 is 1.96 bits per heavy atom. The van der Waals surface area contributed by atoms with Crippen molar-refractivity contribution >= 4 is 27.5 Å². The van der Waals surface area contributed by atoms with E-state index in [9.17, 15) is 18.0 Å². The molecule has 9 heteroatoms. The van der Waals surface area contributed by atoms with Crippen molar-refractivity contribution in [2.24, 2.45) is 0 Å². The summed E-state index contributed by atoms with van der Waals surface area (Å²) in [6.07, 6.45) is 0.757. The first-order chi connectivity index (χ1) is 11.2. The third-order valence-corrected chi connectivity index (χ3v) is 4.61. The molecule has 0 saturated carbocycles. The van der Waals surface area contributed by atoms with Gasteiger partial charge in [0.2, 0.25) is 21.8 Å². The number of ether oxygens (including phenoxy) is 1. The predicted octanol–water partition coefficient (Wildman–Crippen LogP) is 0.847. The summed E-state index contributed by atoms with van der Waals surface area (Å²) in [6.45, 7) is 5.18. The molecule has 1 aromatic rings. The minimum Gasteiger partial charge on any atom is -0.495 e. The van der Waals surface area contributed by atoms with E-state index in [0.717, 1.165) is 6.42 Å². The molecule has 1 atom stereocenters. The van der Waals surface area contributed by atoms with E-state index < -0.39 is 22.0 Å². The summed E-state index contributed by atoms with van der Waals surface area (Å²) in [6, 6.07) is 3.12. The van der Waals surface area contributed by atoms with Crippen molar-refractivity contribution in [3.05, 3.63) is 18.2 Å². The average Bonchev–Trinajstić information content (AvgIpc) is 2.51. The van der Waals surface area contributed by atoms with Crippen LogP contribution < -0.4 is 20.1 Å². The number of rotatable bonds is 8. The van der Waals surface area contributed by atoms with Crippen molar-refractivity contribution in [2.45, 2.75) is 38.1 Å². The van der Waals surface area contributed by atoms with Gasteiger partial charge in [0.15, 0.2) is 0 Å². The van der Waals surface area contributed by atoms with E-state index in [0.29, 0.717) is 12.2 Å². The number of benzene rings is 1. The molecular weight excluding hydrogens is 334 g/mol. The minimum atomic E-state index is -3.91. The van der Waals surface area contributed by atoms with Crippen molar-refractivity contribution in [2.75, 3.05) is 19.0 Å². The number of anilines is 1. The number of sulfonamides is 1. The quantitative estimate of drug-likeness (QED) is 0.638. The fourth-order valence-electron chi connectivity index (χ4n) is 1.89. The van der Waals surface area contributed by atoms with Gasteiger partial charge in [-0.25, -0.2) is 8.42 Å². The summed E-state index contributed by atoms with van der Waals surface area (Å²) >= 11 is 0. The third kappa shape index (κ3) is 5.50. The molecule has 0 fully saturated rings. The summed E-state index contributed by atoms with van der Waals surface area (Å²) in [7, 11) is -2.54. The second-order valence-corrected chi connectivity index (χ2v) is 6.89. The molecule has 0 spiro atoms. The van der Waals surface area contributed by atoms with E-state index in [1.165, 1.54) is 39.2 Å². The lowest BCUT2D eigenvalue weighted by Gasteiger charge is -2.15. The van der Waals surface area contributed by atoms with E-state index in [2.05, 4.69) is 15.4 Å². The monoisotopic (exact) mass is 357 g/mol. The molecule has 0 aliphatic heterocycles. The predicted molar refractivity (Wildman–Crippen MR) is 90.4 cm³/mol. The number of carbonyl (C=O) groups excluding carboxylic acids is 2. The van der Waals surface area contributed by atoms with Crippen LogP contribution in [0.4, 0.5) is 5.69 Å². The smallest absolute Gasteiger partial charge is 0.241 e. The number of methoxy groups -OCH3 is 1. The first-order valence-electron chi connectivity index (χ1n) is 7.47. The molecular formula is C15H23N3O5S. The van der Waals surface area contributed by atoms with E-state index >= 15 is 0 Å². The van der Waals surface area contributed by atoms with Crippen LogP contribution in [-0.4, -0.2) is 39.9 Å². The fourth-order valence-corrected chi connectivity index (χ4v) is 3.11. The van der Waals surface area contributed by atoms with Crippen LogP contribution in [0.5, 0.6) is 5.75 Å². The zero-order chi connectivity index (χ0) is 18.3. The summed E-state index contributed by atoms with van der Waals surface area (Å²) in [5, 5.41) is 5.16. The lowest BCUT2D eigenvalue weighted by atomic mass is 10.3. The molecule has 0 aliphatic rings. The zero-order valence-electron chi connectivity index (χ0n) is 14.2. The second kappa shape index (κ2) is 8.65. The highest BCUT2D eigenvalue weighted by Gasteiger charge is 2.23. The molecule has 24 heavy (non-hydrogen) atoms. The van der Waals surface area contributed by atoms with Gasteiger partial charge >= 0.3 is 0 Å². The molecule has 0 saturated heterocycles. The average molecular weight is 357 g/mol. The Bertz CT molecular complexity index is 703. The number of hydrogen-bond acceptors (Lipinski definition) is 5. The highest BCUT2D eigenvalue weighted by atomic mass is 32.2. The number of hydrogen-bond donors (Lipinski definition) is 3. The molecule has 0 heterocycles. The summed E-state index contributed by atoms with van der Waals surface area (Å²) in [5.41, 5.74) is 0.359. The van der Waals surface area contributed by atoms with Gasteiger partial charge in [0.25, 0.3) is 0 Å². The molecule has 134 valence electrons. The summed E-state index contributed by atoms with van der Waals surface area (Å²) in [5.74, 6) is -0.498. The number of amides is 2. The third-order valence-electron chi connectivity index (χ3n) is 3.07. The van der Waals surface area contributed by atoms with Gasteiger partial charge in [0, 0.05) is 19.5 Å². The van der Waals surface area contributed by atoms with Gasteiger partial charge in [0.05, 0.1) is 23.7 Å². The van der Waals surface area contributed by atoms with E-state index in [1.807, 2.05) is 6.92 Å². The van der Waals surface area contributed by atoms with Crippen LogP contribution in [0.2, 0.25) is 0 Å². The van der Waals surface area contributed by atoms with Gasteiger partial charge in [0.1, 0.15) is 5.75 Å². The van der Waals surface area contributed by atoms with E-state index in [-0.39, 0.29) is 16.6 Å². The van der Waals surface area contributed by atoms with Gasteiger partial charge in [-0.1, -0.05) is 6.92 Å². The first kappa shape index (κ1) is 19.9.